The second-order valence-corrected chi connectivity index (χ2v) is 5.44. The summed E-state index contributed by atoms with van der Waals surface area (Å²) in [6.07, 6.45) is 4.55. The van der Waals surface area contributed by atoms with E-state index in [1.165, 1.54) is 24.8 Å². The first-order valence-corrected chi connectivity index (χ1v) is 7.01. The third-order valence-electron chi connectivity index (χ3n) is 3.87. The van der Waals surface area contributed by atoms with E-state index in [-0.39, 0.29) is 5.78 Å². The van der Waals surface area contributed by atoms with E-state index in [4.69, 9.17) is 0 Å². The molecule has 0 N–H and O–H groups in total. The Bertz CT molecular complexity index is 390. The summed E-state index contributed by atoms with van der Waals surface area (Å²) in [6, 6.07) is 8.29. The molecule has 2 nitrogen and oxygen atoms in total. The van der Waals surface area contributed by atoms with Gasteiger partial charge in [-0.3, -0.25) is 4.79 Å². The van der Waals surface area contributed by atoms with Crippen molar-refractivity contribution in [1.29, 1.82) is 0 Å². The van der Waals surface area contributed by atoms with Crippen LogP contribution in [0.3, 0.4) is 0 Å². The van der Waals surface area contributed by atoms with Crippen LogP contribution in [0.2, 0.25) is 0 Å². The molecule has 1 fully saturated rings. The molecular weight excluding hydrogens is 222 g/mol. The molecule has 1 aliphatic heterocycles. The number of carbonyl (C=O) groups is 1. The zero-order chi connectivity index (χ0) is 13.0. The lowest BCUT2D eigenvalue weighted by Crippen LogP contribution is -2.38. The summed E-state index contributed by atoms with van der Waals surface area (Å²) in [6.45, 7) is 6.53. The lowest BCUT2D eigenvalue weighted by atomic mass is 10.0. The molecule has 0 bridgehead atoms. The fraction of sp³-hybridized carbons (Fsp3) is 0.562. The van der Waals surface area contributed by atoms with E-state index >= 15 is 0 Å². The van der Waals surface area contributed by atoms with Crippen LogP contribution < -0.4 is 0 Å². The minimum absolute atomic E-state index is 0.271. The third-order valence-corrected chi connectivity index (χ3v) is 3.87. The Morgan fingerprint density at radius 1 is 1.17 bits per heavy atom. The van der Waals surface area contributed by atoms with Crippen molar-refractivity contribution in [3.63, 3.8) is 0 Å². The Hall–Kier alpha value is -1.15. The van der Waals surface area contributed by atoms with Crippen LogP contribution in [0.5, 0.6) is 0 Å². The number of Topliss-reactive ketones (excluding diaryl/α,β-unsaturated/α-hetero) is 1. The summed E-state index contributed by atoms with van der Waals surface area (Å²) in [5, 5.41) is 0. The highest BCUT2D eigenvalue weighted by Gasteiger charge is 2.19. The highest BCUT2D eigenvalue weighted by atomic mass is 16.1. The molecular formula is C16H23NO. The fourth-order valence-electron chi connectivity index (χ4n) is 2.61. The number of piperidine rings is 1. The van der Waals surface area contributed by atoms with E-state index in [2.05, 4.69) is 11.8 Å². The molecule has 98 valence electrons. The first-order valence-electron chi connectivity index (χ1n) is 7.01. The van der Waals surface area contributed by atoms with Crippen molar-refractivity contribution in [2.24, 2.45) is 0 Å². The molecule has 1 atom stereocenters. The quantitative estimate of drug-likeness (QED) is 0.757. The highest BCUT2D eigenvalue weighted by Crippen LogP contribution is 2.16. The third kappa shape index (κ3) is 3.42. The van der Waals surface area contributed by atoms with Gasteiger partial charge in [0.1, 0.15) is 0 Å². The summed E-state index contributed by atoms with van der Waals surface area (Å²) in [7, 11) is 0. The van der Waals surface area contributed by atoms with Gasteiger partial charge in [0.2, 0.25) is 0 Å². The number of hydrogen-bond donors (Lipinski definition) is 0. The molecule has 0 spiro atoms. The van der Waals surface area contributed by atoms with Crippen LogP contribution in [-0.4, -0.2) is 29.8 Å². The molecule has 18 heavy (non-hydrogen) atoms. The Labute approximate surface area is 110 Å². The van der Waals surface area contributed by atoms with Crippen LogP contribution in [0.1, 0.15) is 48.5 Å². The average Bonchev–Trinajstić information content (AvgIpc) is 2.40. The van der Waals surface area contributed by atoms with E-state index < -0.39 is 0 Å². The molecule has 1 unspecified atom stereocenters. The summed E-state index contributed by atoms with van der Waals surface area (Å²) in [5.41, 5.74) is 2.06. The summed E-state index contributed by atoms with van der Waals surface area (Å²) in [4.78, 5) is 14.6. The predicted octanol–water partition coefficient (Wildman–Crippen LogP) is 3.44. The minimum Gasteiger partial charge on any atom is -0.300 e. The predicted molar refractivity (Wildman–Crippen MR) is 75.0 cm³/mol. The van der Waals surface area contributed by atoms with Crippen molar-refractivity contribution in [1.82, 2.24) is 4.90 Å². The van der Waals surface area contributed by atoms with Crippen molar-refractivity contribution in [2.75, 3.05) is 13.1 Å². The van der Waals surface area contributed by atoms with Crippen molar-refractivity contribution in [3.8, 4) is 0 Å². The monoisotopic (exact) mass is 245 g/mol. The second-order valence-electron chi connectivity index (χ2n) is 5.44. The zero-order valence-electron chi connectivity index (χ0n) is 11.5. The van der Waals surface area contributed by atoms with Gasteiger partial charge >= 0.3 is 0 Å². The standard InChI is InChI=1S/C16H23NO/c1-13-6-8-15(9-7-13)16(18)12-14(2)17-10-4-3-5-11-17/h6-9,14H,3-5,10-12H2,1-2H3. The van der Waals surface area contributed by atoms with Gasteiger partial charge in [-0.15, -0.1) is 0 Å². The van der Waals surface area contributed by atoms with E-state index in [9.17, 15) is 4.79 Å². The molecule has 0 aliphatic carbocycles. The molecule has 1 aromatic rings. The van der Waals surface area contributed by atoms with Gasteiger partial charge in [-0.25, -0.2) is 0 Å². The van der Waals surface area contributed by atoms with Crippen molar-refractivity contribution < 1.29 is 4.79 Å². The topological polar surface area (TPSA) is 20.3 Å². The molecule has 0 amide bonds. The van der Waals surface area contributed by atoms with E-state index in [1.54, 1.807) is 0 Å². The number of aryl methyl sites for hydroxylation is 1. The Morgan fingerprint density at radius 3 is 2.39 bits per heavy atom. The maximum atomic E-state index is 12.2. The molecule has 0 aromatic heterocycles. The first kappa shape index (κ1) is 13.3. The SMILES string of the molecule is Cc1ccc(C(=O)CC(C)N2CCCCC2)cc1. The van der Waals surface area contributed by atoms with Crippen LogP contribution in [0, 0.1) is 6.92 Å². The number of carbonyl (C=O) groups excluding carboxylic acids is 1. The summed E-state index contributed by atoms with van der Waals surface area (Å²) in [5.74, 6) is 0.271. The van der Waals surface area contributed by atoms with Gasteiger partial charge in [0.05, 0.1) is 0 Å². The van der Waals surface area contributed by atoms with Crippen molar-refractivity contribution >= 4 is 5.78 Å². The molecule has 0 saturated carbocycles. The number of ketones is 1. The minimum atomic E-state index is 0.271. The maximum absolute atomic E-state index is 12.2. The summed E-state index contributed by atoms with van der Waals surface area (Å²) >= 11 is 0. The van der Waals surface area contributed by atoms with Gasteiger partial charge in [-0.2, -0.15) is 0 Å². The molecule has 0 radical (unpaired) electrons. The normalized spacial score (nSPS) is 18.6. The second kappa shape index (κ2) is 6.14. The van der Waals surface area contributed by atoms with Gasteiger partial charge in [0.25, 0.3) is 0 Å². The van der Waals surface area contributed by atoms with Gasteiger partial charge in [-0.1, -0.05) is 36.2 Å². The molecule has 1 aromatic carbocycles. The van der Waals surface area contributed by atoms with E-state index in [0.717, 1.165) is 18.7 Å². The molecule has 1 saturated heterocycles. The molecule has 1 heterocycles. The number of nitrogens with zero attached hydrogens (tertiary/aromatic N) is 1. The number of likely N-dealkylation sites (tertiary alicyclic amines) is 1. The molecule has 1 aliphatic rings. The molecule has 2 rings (SSSR count). The fourth-order valence-corrected chi connectivity index (χ4v) is 2.61. The lowest BCUT2D eigenvalue weighted by Gasteiger charge is -2.32. The number of hydrogen-bond acceptors (Lipinski definition) is 2. The smallest absolute Gasteiger partial charge is 0.164 e. The largest absolute Gasteiger partial charge is 0.300 e. The number of rotatable bonds is 4. The highest BCUT2D eigenvalue weighted by molar-refractivity contribution is 5.96. The van der Waals surface area contributed by atoms with Crippen LogP contribution in [-0.2, 0) is 0 Å². The van der Waals surface area contributed by atoms with E-state index in [1.807, 2.05) is 31.2 Å². The number of benzene rings is 1. The van der Waals surface area contributed by atoms with Gasteiger partial charge in [-0.05, 0) is 39.8 Å². The Balaban J connectivity index is 1.91. The van der Waals surface area contributed by atoms with Crippen molar-refractivity contribution in [2.45, 2.75) is 45.6 Å². The summed E-state index contributed by atoms with van der Waals surface area (Å²) < 4.78 is 0. The maximum Gasteiger partial charge on any atom is 0.164 e. The van der Waals surface area contributed by atoms with Crippen LogP contribution >= 0.6 is 0 Å². The van der Waals surface area contributed by atoms with E-state index in [0.29, 0.717) is 12.5 Å². The first-order chi connectivity index (χ1) is 8.66. The van der Waals surface area contributed by atoms with Crippen molar-refractivity contribution in [3.05, 3.63) is 35.4 Å². The zero-order valence-corrected chi connectivity index (χ0v) is 11.5. The van der Waals surface area contributed by atoms with Crippen LogP contribution in [0.15, 0.2) is 24.3 Å². The Morgan fingerprint density at radius 2 is 1.78 bits per heavy atom. The lowest BCUT2D eigenvalue weighted by molar-refractivity contribution is 0.0911. The Kier molecular flexibility index (Phi) is 4.54. The average molecular weight is 245 g/mol. The van der Waals surface area contributed by atoms with Crippen LogP contribution in [0.4, 0.5) is 0 Å². The molecule has 2 heteroatoms. The van der Waals surface area contributed by atoms with Gasteiger partial charge < -0.3 is 4.90 Å². The van der Waals surface area contributed by atoms with Gasteiger partial charge in [0.15, 0.2) is 5.78 Å². The van der Waals surface area contributed by atoms with Crippen LogP contribution in [0.25, 0.3) is 0 Å². The van der Waals surface area contributed by atoms with Gasteiger partial charge in [0, 0.05) is 18.0 Å².